The maximum atomic E-state index is 12.7. The van der Waals surface area contributed by atoms with Gasteiger partial charge in [-0.2, -0.15) is 5.10 Å². The summed E-state index contributed by atoms with van der Waals surface area (Å²) >= 11 is 3.07. The molecule has 0 aliphatic carbocycles. The van der Waals surface area contributed by atoms with Crippen LogP contribution < -0.4 is 11.1 Å². The van der Waals surface area contributed by atoms with Crippen molar-refractivity contribution in [1.82, 2.24) is 14.8 Å². The number of aromatic nitrogens is 3. The Kier molecular flexibility index (Phi) is 4.96. The Labute approximate surface area is 172 Å². The van der Waals surface area contributed by atoms with Gasteiger partial charge in [0.05, 0.1) is 12.3 Å². The summed E-state index contributed by atoms with van der Waals surface area (Å²) in [6.07, 6.45) is 1.67. The van der Waals surface area contributed by atoms with Crippen molar-refractivity contribution in [2.45, 2.75) is 32.2 Å². The number of hydrogen-bond donors (Lipinski definition) is 2. The molecule has 4 rings (SSSR count). The quantitative estimate of drug-likeness (QED) is 0.786. The van der Waals surface area contributed by atoms with Gasteiger partial charge in [-0.1, -0.05) is 25.6 Å². The third-order valence-electron chi connectivity index (χ3n) is 5.57. The molecule has 2 aromatic heterocycles. The van der Waals surface area contributed by atoms with Crippen LogP contribution in [0.4, 0.5) is 5.82 Å². The number of anilines is 1. The number of thioether (sulfide) groups is 1. The van der Waals surface area contributed by atoms with Gasteiger partial charge in [-0.05, 0) is 18.9 Å². The van der Waals surface area contributed by atoms with Crippen LogP contribution in [0.3, 0.4) is 0 Å². The van der Waals surface area contributed by atoms with Gasteiger partial charge in [0.2, 0.25) is 0 Å². The van der Waals surface area contributed by atoms with Crippen LogP contribution in [-0.4, -0.2) is 44.8 Å². The van der Waals surface area contributed by atoms with E-state index in [4.69, 9.17) is 20.4 Å². The lowest BCUT2D eigenvalue weighted by Crippen LogP contribution is -2.54. The topological polar surface area (TPSA) is 107 Å². The van der Waals surface area contributed by atoms with Gasteiger partial charge in [-0.15, -0.1) is 11.3 Å². The van der Waals surface area contributed by atoms with Gasteiger partial charge in [0.1, 0.15) is 22.1 Å². The van der Waals surface area contributed by atoms with E-state index in [-0.39, 0.29) is 11.3 Å². The summed E-state index contributed by atoms with van der Waals surface area (Å²) in [5.41, 5.74) is 6.77. The average Bonchev–Trinajstić information content (AvgIpc) is 3.28. The zero-order valence-electron chi connectivity index (χ0n) is 16.2. The molecular formula is C18H24N6O2S2. The second-order valence-corrected chi connectivity index (χ2v) is 9.31. The number of aryl methyl sites for hydroxylation is 2. The van der Waals surface area contributed by atoms with Crippen LogP contribution in [0.15, 0.2) is 16.4 Å². The van der Waals surface area contributed by atoms with Crippen molar-refractivity contribution in [3.63, 3.8) is 0 Å². The molecule has 2 aliphatic rings. The minimum atomic E-state index is -0.601. The Morgan fingerprint density at radius 1 is 1.50 bits per heavy atom. The highest BCUT2D eigenvalue weighted by molar-refractivity contribution is 8.13. The Balaban J connectivity index is 1.62. The molecule has 2 aliphatic heterocycles. The molecule has 3 N–H and O–H groups in total. The van der Waals surface area contributed by atoms with Gasteiger partial charge in [0, 0.05) is 30.2 Å². The molecule has 28 heavy (non-hydrogen) atoms. The summed E-state index contributed by atoms with van der Waals surface area (Å²) < 4.78 is 7.39. The maximum absolute atomic E-state index is 12.7. The molecule has 0 bridgehead atoms. The largest absolute Gasteiger partial charge is 0.379 e. The molecule has 8 nitrogen and oxygen atoms in total. The SMILES string of the molecule is CCc1cc(C(=O)Nc2csc(C34COCCC3(C)CSC(N)=N4)n2)n(C)n1. The zero-order chi connectivity index (χ0) is 19.9. The van der Waals surface area contributed by atoms with Crippen LogP contribution in [-0.2, 0) is 23.7 Å². The number of amidine groups is 1. The standard InChI is InChI=1S/C18H24N6O2S2/c1-4-11-7-12(24(3)23-11)14(25)20-13-8-27-15(21-13)18-9-26-6-5-17(18,2)10-28-16(19)22-18/h7-8H,4-6,9-10H2,1-3H3,(H2,19,22)(H,20,25). The lowest BCUT2D eigenvalue weighted by molar-refractivity contribution is -0.0425. The van der Waals surface area contributed by atoms with Gasteiger partial charge in [0.15, 0.2) is 5.17 Å². The van der Waals surface area contributed by atoms with Crippen molar-refractivity contribution >= 4 is 40.0 Å². The monoisotopic (exact) mass is 420 g/mol. The summed E-state index contributed by atoms with van der Waals surface area (Å²) in [7, 11) is 1.77. The first-order valence-electron chi connectivity index (χ1n) is 9.23. The van der Waals surface area contributed by atoms with E-state index in [0.717, 1.165) is 29.3 Å². The van der Waals surface area contributed by atoms with Crippen LogP contribution in [0, 0.1) is 5.41 Å². The molecule has 10 heteroatoms. The van der Waals surface area contributed by atoms with E-state index in [0.29, 0.717) is 29.9 Å². The maximum Gasteiger partial charge on any atom is 0.275 e. The van der Waals surface area contributed by atoms with Crippen molar-refractivity contribution in [2.75, 3.05) is 24.3 Å². The average molecular weight is 421 g/mol. The minimum absolute atomic E-state index is 0.0873. The minimum Gasteiger partial charge on any atom is -0.379 e. The number of nitrogens with zero attached hydrogens (tertiary/aromatic N) is 4. The number of nitrogens with two attached hydrogens (primary N) is 1. The Bertz CT molecular complexity index is 938. The van der Waals surface area contributed by atoms with E-state index >= 15 is 0 Å². The predicted molar refractivity (Wildman–Crippen MR) is 112 cm³/mol. The van der Waals surface area contributed by atoms with Crippen LogP contribution in [0.25, 0.3) is 0 Å². The van der Waals surface area contributed by atoms with E-state index in [1.807, 2.05) is 12.3 Å². The molecule has 0 radical (unpaired) electrons. The highest BCUT2D eigenvalue weighted by Gasteiger charge is 2.55. The number of carbonyl (C=O) groups excluding carboxylic acids is 1. The Morgan fingerprint density at radius 3 is 3.07 bits per heavy atom. The summed E-state index contributed by atoms with van der Waals surface area (Å²) in [4.78, 5) is 22.2. The van der Waals surface area contributed by atoms with Crippen LogP contribution in [0.1, 0.15) is 41.5 Å². The Hall–Kier alpha value is -1.91. The first-order valence-corrected chi connectivity index (χ1v) is 11.1. The lowest BCUT2D eigenvalue weighted by atomic mass is 9.69. The fourth-order valence-electron chi connectivity index (χ4n) is 3.69. The smallest absolute Gasteiger partial charge is 0.275 e. The van der Waals surface area contributed by atoms with Crippen molar-refractivity contribution in [3.8, 4) is 0 Å². The van der Waals surface area contributed by atoms with E-state index in [9.17, 15) is 4.79 Å². The van der Waals surface area contributed by atoms with E-state index in [1.54, 1.807) is 29.6 Å². The molecular weight excluding hydrogens is 396 g/mol. The molecule has 1 amide bonds. The summed E-state index contributed by atoms with van der Waals surface area (Å²) in [6, 6.07) is 1.80. The zero-order valence-corrected chi connectivity index (χ0v) is 17.8. The third kappa shape index (κ3) is 3.13. The predicted octanol–water partition coefficient (Wildman–Crippen LogP) is 2.37. The van der Waals surface area contributed by atoms with E-state index in [1.165, 1.54) is 11.3 Å². The second-order valence-electron chi connectivity index (χ2n) is 7.45. The molecule has 150 valence electrons. The normalized spacial score (nSPS) is 27.2. The van der Waals surface area contributed by atoms with Crippen LogP contribution in [0.2, 0.25) is 0 Å². The van der Waals surface area contributed by atoms with Crippen molar-refractivity contribution in [1.29, 1.82) is 0 Å². The number of hydrogen-bond acceptors (Lipinski definition) is 8. The van der Waals surface area contributed by atoms with Crippen LogP contribution in [0.5, 0.6) is 0 Å². The third-order valence-corrected chi connectivity index (χ3v) is 7.73. The molecule has 2 aromatic rings. The van der Waals surface area contributed by atoms with E-state index < -0.39 is 5.54 Å². The number of fused-ring (bicyclic) bond motifs is 1. The van der Waals surface area contributed by atoms with Gasteiger partial charge in [-0.25, -0.2) is 9.98 Å². The van der Waals surface area contributed by atoms with Gasteiger partial charge < -0.3 is 15.8 Å². The van der Waals surface area contributed by atoms with Crippen molar-refractivity contribution in [2.24, 2.45) is 23.2 Å². The van der Waals surface area contributed by atoms with Crippen LogP contribution >= 0.6 is 23.1 Å². The van der Waals surface area contributed by atoms with Gasteiger partial charge in [0.25, 0.3) is 5.91 Å². The summed E-state index contributed by atoms with van der Waals surface area (Å²) in [5, 5.41) is 10.5. The number of rotatable bonds is 4. The number of ether oxygens (including phenoxy) is 1. The summed E-state index contributed by atoms with van der Waals surface area (Å²) in [5.74, 6) is 1.16. The fraction of sp³-hybridized carbons (Fsp3) is 0.556. The number of nitrogens with one attached hydrogen (secondary N) is 1. The number of thiazole rings is 1. The van der Waals surface area contributed by atoms with Crippen molar-refractivity contribution in [3.05, 3.63) is 27.8 Å². The number of aliphatic imine (C=N–C) groups is 1. The molecule has 1 fully saturated rings. The summed E-state index contributed by atoms with van der Waals surface area (Å²) in [6.45, 7) is 5.39. The highest BCUT2D eigenvalue weighted by atomic mass is 32.2. The molecule has 4 heterocycles. The molecule has 1 saturated heterocycles. The Morgan fingerprint density at radius 2 is 2.32 bits per heavy atom. The number of amides is 1. The van der Waals surface area contributed by atoms with Gasteiger partial charge in [-0.3, -0.25) is 9.48 Å². The molecule has 0 aromatic carbocycles. The first-order chi connectivity index (χ1) is 13.4. The number of carbonyl (C=O) groups is 1. The first kappa shape index (κ1) is 19.4. The van der Waals surface area contributed by atoms with Crippen molar-refractivity contribution < 1.29 is 9.53 Å². The molecule has 0 saturated carbocycles. The molecule has 2 atom stereocenters. The molecule has 0 spiro atoms. The lowest BCUT2D eigenvalue weighted by Gasteiger charge is -2.49. The second kappa shape index (κ2) is 7.16. The molecule has 2 unspecified atom stereocenters. The highest BCUT2D eigenvalue weighted by Crippen LogP contribution is 2.53. The fourth-order valence-corrected chi connectivity index (χ4v) is 5.79. The van der Waals surface area contributed by atoms with E-state index in [2.05, 4.69) is 17.3 Å². The van der Waals surface area contributed by atoms with Gasteiger partial charge >= 0.3 is 0 Å².